The molecule has 0 amide bonds. The Morgan fingerprint density at radius 3 is 2.57 bits per heavy atom. The Hall–Kier alpha value is -0.970. The van der Waals surface area contributed by atoms with Crippen molar-refractivity contribution in [1.29, 1.82) is 0 Å². The van der Waals surface area contributed by atoms with Crippen LogP contribution in [0.1, 0.15) is 38.8 Å². The fourth-order valence-corrected chi connectivity index (χ4v) is 2.84. The van der Waals surface area contributed by atoms with Crippen LogP contribution in [0.3, 0.4) is 0 Å². The van der Waals surface area contributed by atoms with E-state index in [9.17, 15) is 4.39 Å². The molecule has 1 aromatic carbocycles. The fraction of sp³-hybridized carbons (Fsp3) is 0.647. The van der Waals surface area contributed by atoms with Crippen LogP contribution in [0.2, 0.25) is 0 Å². The molecule has 0 aliphatic carbocycles. The van der Waals surface area contributed by atoms with Crippen molar-refractivity contribution in [3.8, 4) is 0 Å². The second kappa shape index (κ2) is 7.34. The summed E-state index contributed by atoms with van der Waals surface area (Å²) in [6.07, 6.45) is 0.421. The lowest BCUT2D eigenvalue weighted by Crippen LogP contribution is -2.44. The fourth-order valence-electron chi connectivity index (χ4n) is 2.84. The third-order valence-electron chi connectivity index (χ3n) is 3.71. The standard InChI is InChI=1S/C17H27FN2O/c1-12(2)19-8-15-5-6-17(18)16(7-15)11-20-9-13(3)21-14(4)10-20/h5-7,12-14,19H,8-11H2,1-4H3. The van der Waals surface area contributed by atoms with E-state index in [1.807, 2.05) is 12.1 Å². The van der Waals surface area contributed by atoms with E-state index < -0.39 is 0 Å². The Balaban J connectivity index is 2.02. The number of nitrogens with one attached hydrogen (secondary N) is 1. The SMILES string of the molecule is CC(C)NCc1ccc(F)c(CN2CC(C)OC(C)C2)c1. The zero-order valence-corrected chi connectivity index (χ0v) is 13.5. The van der Waals surface area contributed by atoms with Gasteiger partial charge in [0.25, 0.3) is 0 Å². The Morgan fingerprint density at radius 2 is 1.95 bits per heavy atom. The normalized spacial score (nSPS) is 23.7. The minimum Gasteiger partial charge on any atom is -0.373 e. The Bertz CT molecular complexity index is 454. The van der Waals surface area contributed by atoms with Gasteiger partial charge in [-0.15, -0.1) is 0 Å². The molecule has 2 rings (SSSR count). The first kappa shape index (κ1) is 16.4. The number of morpholine rings is 1. The van der Waals surface area contributed by atoms with Crippen molar-refractivity contribution in [2.75, 3.05) is 13.1 Å². The van der Waals surface area contributed by atoms with Crippen LogP contribution in [0.15, 0.2) is 18.2 Å². The summed E-state index contributed by atoms with van der Waals surface area (Å²) >= 11 is 0. The van der Waals surface area contributed by atoms with Crippen molar-refractivity contribution in [1.82, 2.24) is 10.2 Å². The first-order valence-electron chi connectivity index (χ1n) is 7.82. The molecule has 1 aliphatic rings. The smallest absolute Gasteiger partial charge is 0.127 e. The highest BCUT2D eigenvalue weighted by Gasteiger charge is 2.22. The molecule has 0 radical (unpaired) electrons. The first-order chi connectivity index (χ1) is 9.94. The Labute approximate surface area is 127 Å². The maximum absolute atomic E-state index is 14.0. The first-order valence-corrected chi connectivity index (χ1v) is 7.82. The topological polar surface area (TPSA) is 24.5 Å². The van der Waals surface area contributed by atoms with E-state index in [0.29, 0.717) is 12.6 Å². The Kier molecular flexibility index (Phi) is 5.73. The molecule has 1 aliphatic heterocycles. The lowest BCUT2D eigenvalue weighted by molar-refractivity contribution is -0.0707. The van der Waals surface area contributed by atoms with Gasteiger partial charge >= 0.3 is 0 Å². The molecular weight excluding hydrogens is 267 g/mol. The predicted molar refractivity (Wildman–Crippen MR) is 83.7 cm³/mol. The van der Waals surface area contributed by atoms with Gasteiger partial charge in [0.1, 0.15) is 5.82 Å². The molecule has 0 spiro atoms. The summed E-state index contributed by atoms with van der Waals surface area (Å²) in [6.45, 7) is 11.5. The minimum absolute atomic E-state index is 0.116. The quantitative estimate of drug-likeness (QED) is 0.903. The molecule has 1 aromatic rings. The molecule has 1 N–H and O–H groups in total. The van der Waals surface area contributed by atoms with E-state index in [0.717, 1.165) is 30.8 Å². The molecule has 1 fully saturated rings. The van der Waals surface area contributed by atoms with Crippen LogP contribution < -0.4 is 5.32 Å². The number of benzene rings is 1. The van der Waals surface area contributed by atoms with Crippen LogP contribution in [0.5, 0.6) is 0 Å². The van der Waals surface area contributed by atoms with Crippen molar-refractivity contribution < 1.29 is 9.13 Å². The highest BCUT2D eigenvalue weighted by molar-refractivity contribution is 5.25. The molecule has 4 heteroatoms. The van der Waals surface area contributed by atoms with Gasteiger partial charge in [-0.25, -0.2) is 4.39 Å². The average molecular weight is 294 g/mol. The highest BCUT2D eigenvalue weighted by Crippen LogP contribution is 2.17. The molecular formula is C17H27FN2O. The summed E-state index contributed by atoms with van der Waals surface area (Å²) in [4.78, 5) is 2.27. The third kappa shape index (κ3) is 5.06. The van der Waals surface area contributed by atoms with E-state index >= 15 is 0 Å². The molecule has 2 unspecified atom stereocenters. The van der Waals surface area contributed by atoms with Gasteiger partial charge in [-0.2, -0.15) is 0 Å². The van der Waals surface area contributed by atoms with Crippen LogP contribution in [0, 0.1) is 5.82 Å². The van der Waals surface area contributed by atoms with E-state index in [1.54, 1.807) is 6.07 Å². The zero-order chi connectivity index (χ0) is 15.4. The minimum atomic E-state index is -0.116. The van der Waals surface area contributed by atoms with Gasteiger partial charge < -0.3 is 10.1 Å². The van der Waals surface area contributed by atoms with Gasteiger partial charge in [0, 0.05) is 37.8 Å². The number of ether oxygens (including phenoxy) is 1. The van der Waals surface area contributed by atoms with E-state index in [-0.39, 0.29) is 18.0 Å². The molecule has 21 heavy (non-hydrogen) atoms. The van der Waals surface area contributed by atoms with Crippen LogP contribution in [-0.4, -0.2) is 36.2 Å². The van der Waals surface area contributed by atoms with E-state index in [4.69, 9.17) is 4.74 Å². The summed E-state index contributed by atoms with van der Waals surface area (Å²) in [5, 5.41) is 3.37. The summed E-state index contributed by atoms with van der Waals surface area (Å²) in [5.74, 6) is -0.116. The predicted octanol–water partition coefficient (Wildman–Crippen LogP) is 2.93. The summed E-state index contributed by atoms with van der Waals surface area (Å²) in [6, 6.07) is 5.85. The molecule has 118 valence electrons. The second-order valence-electron chi connectivity index (χ2n) is 6.41. The van der Waals surface area contributed by atoms with E-state index in [1.165, 1.54) is 0 Å². The molecule has 1 heterocycles. The molecule has 0 aromatic heterocycles. The van der Waals surface area contributed by atoms with Crippen molar-refractivity contribution in [3.63, 3.8) is 0 Å². The van der Waals surface area contributed by atoms with Crippen molar-refractivity contribution in [2.24, 2.45) is 0 Å². The maximum atomic E-state index is 14.0. The molecule has 2 atom stereocenters. The number of hydrogen-bond donors (Lipinski definition) is 1. The molecule has 1 saturated heterocycles. The molecule has 0 bridgehead atoms. The summed E-state index contributed by atoms with van der Waals surface area (Å²) < 4.78 is 19.8. The Morgan fingerprint density at radius 1 is 1.29 bits per heavy atom. The third-order valence-corrected chi connectivity index (χ3v) is 3.71. The maximum Gasteiger partial charge on any atom is 0.127 e. The van der Waals surface area contributed by atoms with Crippen LogP contribution in [0.4, 0.5) is 4.39 Å². The largest absolute Gasteiger partial charge is 0.373 e. The summed E-state index contributed by atoms with van der Waals surface area (Å²) in [7, 11) is 0. The zero-order valence-electron chi connectivity index (χ0n) is 13.5. The van der Waals surface area contributed by atoms with Gasteiger partial charge in [0.15, 0.2) is 0 Å². The number of halogens is 1. The van der Waals surface area contributed by atoms with Crippen molar-refractivity contribution >= 4 is 0 Å². The number of hydrogen-bond acceptors (Lipinski definition) is 3. The second-order valence-corrected chi connectivity index (χ2v) is 6.41. The van der Waals surface area contributed by atoms with Gasteiger partial charge in [0.2, 0.25) is 0 Å². The number of nitrogens with zero attached hydrogens (tertiary/aromatic N) is 1. The average Bonchev–Trinajstić information content (AvgIpc) is 2.38. The lowest BCUT2D eigenvalue weighted by atomic mass is 10.1. The van der Waals surface area contributed by atoms with Gasteiger partial charge in [-0.1, -0.05) is 26.0 Å². The molecule has 3 nitrogen and oxygen atoms in total. The summed E-state index contributed by atoms with van der Waals surface area (Å²) in [5.41, 5.74) is 1.91. The van der Waals surface area contributed by atoms with Gasteiger partial charge in [-0.05, 0) is 25.5 Å². The van der Waals surface area contributed by atoms with Gasteiger partial charge in [-0.3, -0.25) is 4.90 Å². The monoisotopic (exact) mass is 294 g/mol. The molecule has 0 saturated carbocycles. The van der Waals surface area contributed by atoms with E-state index in [2.05, 4.69) is 37.9 Å². The van der Waals surface area contributed by atoms with Crippen LogP contribution >= 0.6 is 0 Å². The van der Waals surface area contributed by atoms with Crippen LogP contribution in [0.25, 0.3) is 0 Å². The van der Waals surface area contributed by atoms with Crippen molar-refractivity contribution in [2.45, 2.75) is 59.0 Å². The highest BCUT2D eigenvalue weighted by atomic mass is 19.1. The lowest BCUT2D eigenvalue weighted by Gasteiger charge is -2.35. The van der Waals surface area contributed by atoms with Crippen LogP contribution in [-0.2, 0) is 17.8 Å². The van der Waals surface area contributed by atoms with Crippen molar-refractivity contribution in [3.05, 3.63) is 35.1 Å². The van der Waals surface area contributed by atoms with Gasteiger partial charge in [0.05, 0.1) is 12.2 Å². The number of rotatable bonds is 5.